The molecule has 3 aromatic rings. The lowest BCUT2D eigenvalue weighted by atomic mass is 9.98. The van der Waals surface area contributed by atoms with Crippen LogP contribution in [0.3, 0.4) is 0 Å². The van der Waals surface area contributed by atoms with E-state index in [9.17, 15) is 23.2 Å². The third-order valence-corrected chi connectivity index (χ3v) is 7.74. The van der Waals surface area contributed by atoms with E-state index in [4.69, 9.17) is 9.47 Å². The van der Waals surface area contributed by atoms with Crippen LogP contribution >= 0.6 is 0 Å². The van der Waals surface area contributed by atoms with Gasteiger partial charge in [0.2, 0.25) is 5.43 Å². The van der Waals surface area contributed by atoms with Crippen molar-refractivity contribution in [3.63, 3.8) is 0 Å². The summed E-state index contributed by atoms with van der Waals surface area (Å²) in [5.41, 5.74) is -0.0435. The van der Waals surface area contributed by atoms with E-state index < -0.39 is 29.2 Å². The number of rotatable bonds is 6. The van der Waals surface area contributed by atoms with Crippen molar-refractivity contribution in [3.05, 3.63) is 99.0 Å². The Morgan fingerprint density at radius 1 is 1.10 bits per heavy atom. The van der Waals surface area contributed by atoms with E-state index in [1.54, 1.807) is 9.47 Å². The monoisotopic (exact) mass is 535 g/mol. The molecule has 1 aromatic heterocycles. The molecular formula is C29H27F2N3O5. The summed E-state index contributed by atoms with van der Waals surface area (Å²) in [6.07, 6.45) is 3.69. The van der Waals surface area contributed by atoms with Gasteiger partial charge in [-0.2, -0.15) is 0 Å². The molecule has 3 aliphatic rings. The van der Waals surface area contributed by atoms with Gasteiger partial charge in [-0.25, -0.2) is 8.78 Å². The van der Waals surface area contributed by atoms with Crippen molar-refractivity contribution in [3.8, 4) is 5.75 Å². The van der Waals surface area contributed by atoms with Crippen LogP contribution in [0.4, 0.5) is 8.78 Å². The number of hydrogen-bond acceptors (Lipinski definition) is 5. The summed E-state index contributed by atoms with van der Waals surface area (Å²) in [5, 5.41) is 2.53. The number of amides is 2. The largest absolute Gasteiger partial charge is 0.483 e. The molecule has 3 heterocycles. The van der Waals surface area contributed by atoms with E-state index in [0.717, 1.165) is 37.0 Å². The lowest BCUT2D eigenvalue weighted by Crippen LogP contribution is -2.59. The van der Waals surface area contributed by atoms with Gasteiger partial charge in [0.15, 0.2) is 17.7 Å². The first-order valence-corrected chi connectivity index (χ1v) is 13.0. The standard InChI is InChI=1S/C29H27F2N3O5/c30-20-10-9-18(22(31)11-20)12-32-28(36)21-13-33-14-24-34(23-8-4-7-19(23)16-38-24)29(37)25(33)27(26(21)35)39-15-17-5-2-1-3-6-17/h1-3,5-6,9-11,13,19,23-24H,4,7-8,12,14-16H2,(H,32,36)/t19-,23-,24?/m0/s1. The summed E-state index contributed by atoms with van der Waals surface area (Å²) in [6.45, 7) is 0.559. The fourth-order valence-corrected chi connectivity index (χ4v) is 5.78. The quantitative estimate of drug-likeness (QED) is 0.521. The molecule has 0 spiro atoms. The average molecular weight is 536 g/mol. The van der Waals surface area contributed by atoms with Crippen LogP contribution in [0.25, 0.3) is 0 Å². The van der Waals surface area contributed by atoms with Crippen LogP contribution in [0, 0.1) is 17.6 Å². The Labute approximate surface area is 223 Å². The highest BCUT2D eigenvalue weighted by atomic mass is 19.1. The van der Waals surface area contributed by atoms with Gasteiger partial charge in [0, 0.05) is 36.3 Å². The summed E-state index contributed by atoms with van der Waals surface area (Å²) < 4.78 is 40.9. The topological polar surface area (TPSA) is 89.9 Å². The first-order chi connectivity index (χ1) is 18.9. The fourth-order valence-electron chi connectivity index (χ4n) is 5.78. The van der Waals surface area contributed by atoms with Gasteiger partial charge in [0.1, 0.15) is 23.8 Å². The number of carbonyl (C=O) groups excluding carboxylic acids is 2. The minimum atomic E-state index is -0.810. The Balaban J connectivity index is 1.35. The molecule has 2 aromatic carbocycles. The Hall–Kier alpha value is -4.05. The number of nitrogens with one attached hydrogen (secondary N) is 1. The van der Waals surface area contributed by atoms with Crippen LogP contribution < -0.4 is 15.5 Å². The van der Waals surface area contributed by atoms with E-state index in [1.165, 1.54) is 12.3 Å². The van der Waals surface area contributed by atoms with Gasteiger partial charge in [-0.05, 0) is 24.5 Å². The molecule has 10 heteroatoms. The van der Waals surface area contributed by atoms with Gasteiger partial charge in [-0.1, -0.05) is 42.8 Å². The first kappa shape index (κ1) is 25.2. The molecule has 6 rings (SSSR count). The van der Waals surface area contributed by atoms with Crippen LogP contribution in [0.1, 0.15) is 51.2 Å². The molecule has 202 valence electrons. The van der Waals surface area contributed by atoms with E-state index in [1.807, 2.05) is 30.3 Å². The fraction of sp³-hybridized carbons (Fsp3) is 0.345. The molecule has 2 fully saturated rings. The van der Waals surface area contributed by atoms with E-state index in [-0.39, 0.29) is 60.1 Å². The number of halogens is 2. The van der Waals surface area contributed by atoms with Gasteiger partial charge < -0.3 is 24.3 Å². The van der Waals surface area contributed by atoms with E-state index in [0.29, 0.717) is 6.61 Å². The smallest absolute Gasteiger partial charge is 0.276 e. The van der Waals surface area contributed by atoms with Crippen LogP contribution in [0.5, 0.6) is 5.75 Å². The normalized spacial score (nSPS) is 21.6. The average Bonchev–Trinajstić information content (AvgIpc) is 3.41. The van der Waals surface area contributed by atoms with Crippen LogP contribution in [-0.4, -0.2) is 40.2 Å². The molecular weight excluding hydrogens is 508 g/mol. The number of fused-ring (bicyclic) bond motifs is 4. The van der Waals surface area contributed by atoms with Crippen molar-refractivity contribution in [1.82, 2.24) is 14.8 Å². The number of aromatic nitrogens is 1. The zero-order valence-corrected chi connectivity index (χ0v) is 21.1. The molecule has 8 nitrogen and oxygen atoms in total. The first-order valence-electron chi connectivity index (χ1n) is 13.0. The molecule has 0 radical (unpaired) electrons. The maximum absolute atomic E-state index is 14.1. The molecule has 0 bridgehead atoms. The number of hydrogen-bond donors (Lipinski definition) is 1. The molecule has 1 aliphatic carbocycles. The molecule has 39 heavy (non-hydrogen) atoms. The molecule has 1 N–H and O–H groups in total. The maximum atomic E-state index is 14.1. The Kier molecular flexibility index (Phi) is 6.64. The highest BCUT2D eigenvalue weighted by Crippen LogP contribution is 2.39. The molecule has 1 saturated carbocycles. The third kappa shape index (κ3) is 4.69. The summed E-state index contributed by atoms with van der Waals surface area (Å²) in [5.74, 6) is -2.61. The van der Waals surface area contributed by atoms with Gasteiger partial charge in [-0.3, -0.25) is 14.4 Å². The highest BCUT2D eigenvalue weighted by molar-refractivity contribution is 5.99. The predicted molar refractivity (Wildman–Crippen MR) is 136 cm³/mol. The molecule has 2 aliphatic heterocycles. The molecule has 3 atom stereocenters. The lowest BCUT2D eigenvalue weighted by molar-refractivity contribution is -0.134. The third-order valence-electron chi connectivity index (χ3n) is 7.74. The van der Waals surface area contributed by atoms with Gasteiger partial charge in [-0.15, -0.1) is 0 Å². The van der Waals surface area contributed by atoms with Crippen LogP contribution in [-0.2, 0) is 24.4 Å². The van der Waals surface area contributed by atoms with Crippen LogP contribution in [0.15, 0.2) is 59.5 Å². The molecule has 1 saturated heterocycles. The van der Waals surface area contributed by atoms with Gasteiger partial charge in [0.25, 0.3) is 11.8 Å². The maximum Gasteiger partial charge on any atom is 0.276 e. The van der Waals surface area contributed by atoms with Crippen molar-refractivity contribution in [1.29, 1.82) is 0 Å². The lowest BCUT2D eigenvalue weighted by Gasteiger charge is -2.46. The van der Waals surface area contributed by atoms with Crippen molar-refractivity contribution in [2.45, 2.75) is 51.2 Å². The van der Waals surface area contributed by atoms with Crippen molar-refractivity contribution in [2.24, 2.45) is 5.92 Å². The predicted octanol–water partition coefficient (Wildman–Crippen LogP) is 3.62. The summed E-state index contributed by atoms with van der Waals surface area (Å²) >= 11 is 0. The van der Waals surface area contributed by atoms with E-state index >= 15 is 0 Å². The minimum absolute atomic E-state index is 0.0220. The van der Waals surface area contributed by atoms with Crippen molar-refractivity contribution < 1.29 is 27.8 Å². The second-order valence-electron chi connectivity index (χ2n) is 10.2. The van der Waals surface area contributed by atoms with Gasteiger partial charge in [0.05, 0.1) is 13.2 Å². The number of nitrogens with zero attached hydrogens (tertiary/aromatic N) is 2. The van der Waals surface area contributed by atoms with Crippen LogP contribution in [0.2, 0.25) is 0 Å². The van der Waals surface area contributed by atoms with E-state index in [2.05, 4.69) is 5.32 Å². The van der Waals surface area contributed by atoms with Crippen molar-refractivity contribution >= 4 is 11.8 Å². The highest BCUT2D eigenvalue weighted by Gasteiger charge is 2.47. The Morgan fingerprint density at radius 3 is 2.72 bits per heavy atom. The van der Waals surface area contributed by atoms with Gasteiger partial charge >= 0.3 is 0 Å². The Bertz CT molecular complexity index is 1490. The summed E-state index contributed by atoms with van der Waals surface area (Å²) in [4.78, 5) is 42.4. The van der Waals surface area contributed by atoms with Crippen molar-refractivity contribution in [2.75, 3.05) is 6.61 Å². The molecule has 1 unspecified atom stereocenters. The zero-order valence-electron chi connectivity index (χ0n) is 21.1. The second kappa shape index (κ2) is 10.3. The SMILES string of the molecule is O=C(NCc1ccc(F)cc1F)c1cn2c(c(OCc3ccccc3)c1=O)C(=O)N1C(C2)OC[C@@H]2CCC[C@@H]21. The molecule has 2 amide bonds. The number of ether oxygens (including phenoxy) is 2. The second-order valence-corrected chi connectivity index (χ2v) is 10.2. The minimum Gasteiger partial charge on any atom is -0.483 e. The number of carbonyl (C=O) groups is 2. The summed E-state index contributed by atoms with van der Waals surface area (Å²) in [7, 11) is 0. The number of pyridine rings is 1. The summed E-state index contributed by atoms with van der Waals surface area (Å²) in [6, 6.07) is 12.3. The Morgan fingerprint density at radius 2 is 1.92 bits per heavy atom. The zero-order chi connectivity index (χ0) is 27.1. The number of benzene rings is 2.